The van der Waals surface area contributed by atoms with Crippen LogP contribution in [0.2, 0.25) is 0 Å². The van der Waals surface area contributed by atoms with E-state index < -0.39 is 12.6 Å². The fraction of sp³-hybridized carbons (Fsp3) is 1.00. The molecule has 0 heterocycles. The second-order valence-corrected chi connectivity index (χ2v) is 0.827. The average molecular weight is 269 g/mol. The molecule has 0 spiro atoms. The van der Waals surface area contributed by atoms with Gasteiger partial charge in [-0.3, -0.25) is 0 Å². The Morgan fingerprint density at radius 2 is 0.750 bits per heavy atom. The molecule has 1 radical (unpaired) electrons. The molecule has 12 heavy (non-hydrogen) atoms. The van der Waals surface area contributed by atoms with E-state index in [-0.39, 0.29) is 49.1 Å². The standard InChI is InChI=1S/C2H6O4.CH4O.3H2O.Y/c3-1(4)2(5)6;1-2;;;;/h1-6H;2H,1H3;3*1H2;. The molecule has 0 aromatic rings. The van der Waals surface area contributed by atoms with Gasteiger partial charge < -0.3 is 42.0 Å². The summed E-state index contributed by atoms with van der Waals surface area (Å²) >= 11 is 0. The maximum atomic E-state index is 7.69. The van der Waals surface area contributed by atoms with Gasteiger partial charge in [0.25, 0.3) is 0 Å². The summed E-state index contributed by atoms with van der Waals surface area (Å²) in [7, 11) is 1.00. The summed E-state index contributed by atoms with van der Waals surface area (Å²) in [6, 6.07) is 0. The van der Waals surface area contributed by atoms with Crippen LogP contribution in [-0.2, 0) is 32.7 Å². The van der Waals surface area contributed by atoms with Gasteiger partial charge in [-0.05, 0) is 0 Å². The quantitative estimate of drug-likeness (QED) is 0.296. The van der Waals surface area contributed by atoms with E-state index in [1.165, 1.54) is 0 Å². The molecule has 0 aliphatic carbocycles. The van der Waals surface area contributed by atoms with Gasteiger partial charge in [-0.15, -0.1) is 0 Å². The van der Waals surface area contributed by atoms with Crippen molar-refractivity contribution in [1.82, 2.24) is 0 Å². The van der Waals surface area contributed by atoms with Crippen LogP contribution in [0.4, 0.5) is 0 Å². The molecule has 0 unspecified atom stereocenters. The van der Waals surface area contributed by atoms with Crippen molar-refractivity contribution >= 4 is 0 Å². The zero-order chi connectivity index (χ0) is 7.15. The Bertz CT molecular complexity index is 35.3. The van der Waals surface area contributed by atoms with Crippen LogP contribution in [0, 0.1) is 0 Å². The van der Waals surface area contributed by atoms with Gasteiger partial charge in [0.1, 0.15) is 0 Å². The summed E-state index contributed by atoms with van der Waals surface area (Å²) in [6.45, 7) is 0. The van der Waals surface area contributed by atoms with Crippen LogP contribution in [0.5, 0.6) is 0 Å². The average Bonchev–Trinajstić information content (AvgIpc) is 1.72. The third kappa shape index (κ3) is 45.1. The van der Waals surface area contributed by atoms with Crippen molar-refractivity contribution in [3.63, 3.8) is 0 Å². The molecule has 0 rings (SSSR count). The normalized spacial score (nSPS) is 6.00. The maximum Gasteiger partial charge on any atom is 0.204 e. The first kappa shape index (κ1) is 38.6. The first-order valence-electron chi connectivity index (χ1n) is 1.81. The van der Waals surface area contributed by atoms with E-state index in [9.17, 15) is 0 Å². The molecule has 0 aromatic carbocycles. The zero-order valence-corrected chi connectivity index (χ0v) is 9.31. The van der Waals surface area contributed by atoms with Gasteiger partial charge in [0, 0.05) is 39.8 Å². The Kier molecular flexibility index (Phi) is 95.7. The van der Waals surface area contributed by atoms with Crippen molar-refractivity contribution in [2.45, 2.75) is 12.6 Å². The molecule has 11 N–H and O–H groups in total. The number of rotatable bonds is 1. The minimum absolute atomic E-state index is 0. The molecule has 0 aromatic heterocycles. The monoisotopic (exact) mass is 269 g/mol. The molecular formula is C3H16O8Y. The van der Waals surface area contributed by atoms with Crippen molar-refractivity contribution in [2.24, 2.45) is 0 Å². The zero-order valence-electron chi connectivity index (χ0n) is 6.47. The van der Waals surface area contributed by atoms with Crippen LogP contribution >= 0.6 is 0 Å². The number of hydrogen-bond donors (Lipinski definition) is 5. The summed E-state index contributed by atoms with van der Waals surface area (Å²) in [5.74, 6) is 0. The maximum absolute atomic E-state index is 7.69. The van der Waals surface area contributed by atoms with Crippen molar-refractivity contribution < 1.29 is 74.7 Å². The SMILES string of the molecule is CO.O.O.O.OC(O)C(O)O.[Y]. The Morgan fingerprint density at radius 3 is 0.750 bits per heavy atom. The summed E-state index contributed by atoms with van der Waals surface area (Å²) in [5.41, 5.74) is 0. The van der Waals surface area contributed by atoms with Crippen LogP contribution in [-0.4, -0.2) is 61.7 Å². The summed E-state index contributed by atoms with van der Waals surface area (Å²) < 4.78 is 0. The molecule has 9 heteroatoms. The Morgan fingerprint density at radius 1 is 0.667 bits per heavy atom. The van der Waals surface area contributed by atoms with E-state index in [2.05, 4.69) is 0 Å². The van der Waals surface area contributed by atoms with Crippen LogP contribution in [0.25, 0.3) is 0 Å². The van der Waals surface area contributed by atoms with Gasteiger partial charge in [-0.25, -0.2) is 0 Å². The molecule has 0 bridgehead atoms. The minimum atomic E-state index is -2.04. The second-order valence-electron chi connectivity index (χ2n) is 0.827. The van der Waals surface area contributed by atoms with Crippen LogP contribution in [0.3, 0.4) is 0 Å². The molecule has 0 fully saturated rings. The minimum Gasteiger partial charge on any atom is -0.412 e. The van der Waals surface area contributed by atoms with Gasteiger partial charge in [-0.2, -0.15) is 0 Å². The Balaban J connectivity index is -0.0000000140. The first-order valence-corrected chi connectivity index (χ1v) is 1.81. The molecule has 0 atom stereocenters. The fourth-order valence-electron chi connectivity index (χ4n) is 0. The second kappa shape index (κ2) is 29.8. The van der Waals surface area contributed by atoms with E-state index in [0.717, 1.165) is 7.11 Å². The van der Waals surface area contributed by atoms with Crippen molar-refractivity contribution in [3.05, 3.63) is 0 Å². The van der Waals surface area contributed by atoms with Crippen molar-refractivity contribution in [1.29, 1.82) is 0 Å². The fourth-order valence-corrected chi connectivity index (χ4v) is 0. The third-order valence-electron chi connectivity index (χ3n) is 0.267. The number of aliphatic hydroxyl groups is 5. The van der Waals surface area contributed by atoms with Gasteiger partial charge in [-0.1, -0.05) is 0 Å². The van der Waals surface area contributed by atoms with Gasteiger partial charge in [0.15, 0.2) is 0 Å². The molecule has 0 saturated carbocycles. The molecule has 0 aliphatic heterocycles. The predicted octanol–water partition coefficient (Wildman–Crippen LogP) is -5.26. The van der Waals surface area contributed by atoms with E-state index in [0.29, 0.717) is 0 Å². The molecule has 79 valence electrons. The van der Waals surface area contributed by atoms with Crippen LogP contribution in [0.15, 0.2) is 0 Å². The molecule has 0 amide bonds. The van der Waals surface area contributed by atoms with E-state index >= 15 is 0 Å². The van der Waals surface area contributed by atoms with E-state index in [1.54, 1.807) is 0 Å². The van der Waals surface area contributed by atoms with Crippen molar-refractivity contribution in [3.8, 4) is 0 Å². The summed E-state index contributed by atoms with van der Waals surface area (Å²) in [4.78, 5) is 0. The molecule has 0 saturated heterocycles. The largest absolute Gasteiger partial charge is 0.412 e. The van der Waals surface area contributed by atoms with Gasteiger partial charge >= 0.3 is 0 Å². The van der Waals surface area contributed by atoms with Crippen LogP contribution in [0.1, 0.15) is 0 Å². The van der Waals surface area contributed by atoms with E-state index in [1.807, 2.05) is 0 Å². The summed E-state index contributed by atoms with van der Waals surface area (Å²) in [6.07, 6.45) is -4.07. The van der Waals surface area contributed by atoms with Gasteiger partial charge in [0.2, 0.25) is 12.6 Å². The summed E-state index contributed by atoms with van der Waals surface area (Å²) in [5, 5.41) is 37.7. The molecular weight excluding hydrogens is 253 g/mol. The smallest absolute Gasteiger partial charge is 0.204 e. The molecule has 8 nitrogen and oxygen atoms in total. The predicted molar refractivity (Wildman–Crippen MR) is 35.4 cm³/mol. The molecule has 0 aliphatic rings. The number of aliphatic hydroxyl groups excluding tert-OH is 3. The third-order valence-corrected chi connectivity index (χ3v) is 0.267. The van der Waals surface area contributed by atoms with Gasteiger partial charge in [0.05, 0.1) is 0 Å². The Hall–Kier alpha value is 0.784. The van der Waals surface area contributed by atoms with Crippen molar-refractivity contribution in [2.75, 3.05) is 7.11 Å². The Labute approximate surface area is 94.3 Å². The van der Waals surface area contributed by atoms with E-state index in [4.69, 9.17) is 25.5 Å². The topological polar surface area (TPSA) is 196 Å². The number of hydrogen-bond acceptors (Lipinski definition) is 5. The first-order chi connectivity index (χ1) is 3.64. The van der Waals surface area contributed by atoms with Crippen LogP contribution < -0.4 is 0 Å².